The average molecular weight is 311 g/mol. The van der Waals surface area contributed by atoms with Gasteiger partial charge in [-0.15, -0.1) is 0 Å². The molecule has 0 radical (unpaired) electrons. The molecule has 1 saturated heterocycles. The number of ether oxygens (including phenoxy) is 1. The molecule has 5 nitrogen and oxygen atoms in total. The van der Waals surface area contributed by atoms with Crippen LogP contribution in [0.25, 0.3) is 0 Å². The second kappa shape index (κ2) is 6.91. The predicted octanol–water partition coefficient (Wildman–Crippen LogP) is 2.45. The fraction of sp³-hybridized carbons (Fsp3) is 0.467. The molecular weight excluding hydrogens is 292 g/mol. The van der Waals surface area contributed by atoms with Gasteiger partial charge in [-0.05, 0) is 43.5 Å². The minimum Gasteiger partial charge on any atom is -0.465 e. The zero-order valence-electron chi connectivity index (χ0n) is 12.1. The van der Waals surface area contributed by atoms with E-state index in [1.54, 1.807) is 12.1 Å². The van der Waals surface area contributed by atoms with Crippen molar-refractivity contribution in [3.05, 3.63) is 28.8 Å². The molecule has 1 aliphatic heterocycles. The lowest BCUT2D eigenvalue weighted by Crippen LogP contribution is -2.48. The lowest BCUT2D eigenvalue weighted by Gasteiger charge is -2.29. The van der Waals surface area contributed by atoms with Gasteiger partial charge in [-0.3, -0.25) is 4.79 Å². The van der Waals surface area contributed by atoms with E-state index in [-0.39, 0.29) is 17.9 Å². The number of carbonyl (C=O) groups is 2. The Hall–Kier alpha value is -1.59. The molecule has 6 heteroatoms. The molecule has 0 saturated carbocycles. The van der Waals surface area contributed by atoms with Gasteiger partial charge >= 0.3 is 5.97 Å². The number of piperidine rings is 1. The summed E-state index contributed by atoms with van der Waals surface area (Å²) in [4.78, 5) is 23.9. The first-order chi connectivity index (χ1) is 10.0. The quantitative estimate of drug-likeness (QED) is 0.842. The number of anilines is 1. The maximum absolute atomic E-state index is 12.3. The number of benzene rings is 1. The van der Waals surface area contributed by atoms with Gasteiger partial charge < -0.3 is 15.4 Å². The molecule has 1 aromatic rings. The fourth-order valence-corrected chi connectivity index (χ4v) is 2.64. The van der Waals surface area contributed by atoms with Gasteiger partial charge in [-0.25, -0.2) is 4.79 Å². The van der Waals surface area contributed by atoms with Crippen molar-refractivity contribution in [2.24, 2.45) is 5.92 Å². The van der Waals surface area contributed by atoms with Crippen molar-refractivity contribution in [1.29, 1.82) is 0 Å². The molecule has 0 spiro atoms. The number of esters is 1. The fourth-order valence-electron chi connectivity index (χ4n) is 2.48. The van der Waals surface area contributed by atoms with Crippen LogP contribution in [0.15, 0.2) is 18.2 Å². The van der Waals surface area contributed by atoms with E-state index in [4.69, 9.17) is 11.6 Å². The minimum absolute atomic E-state index is 0.133. The summed E-state index contributed by atoms with van der Waals surface area (Å²) in [6.07, 6.45) is 2.09. The highest BCUT2D eigenvalue weighted by molar-refractivity contribution is 6.34. The molecule has 0 aliphatic carbocycles. The molecule has 2 atom stereocenters. The molecule has 1 aromatic carbocycles. The number of rotatable bonds is 3. The molecule has 2 N–H and O–H groups in total. The Labute approximate surface area is 129 Å². The SMILES string of the molecule is COC(=O)c1ccc(Cl)c(NC(=O)C2NCCCC2C)c1. The third-order valence-electron chi connectivity index (χ3n) is 3.70. The van der Waals surface area contributed by atoms with Crippen LogP contribution < -0.4 is 10.6 Å². The number of hydrogen-bond donors (Lipinski definition) is 2. The summed E-state index contributed by atoms with van der Waals surface area (Å²) in [5.41, 5.74) is 0.769. The molecule has 0 bridgehead atoms. The third kappa shape index (κ3) is 3.74. The summed E-state index contributed by atoms with van der Waals surface area (Å²) in [5, 5.41) is 6.39. The van der Waals surface area contributed by atoms with E-state index in [0.29, 0.717) is 16.3 Å². The second-order valence-electron chi connectivity index (χ2n) is 5.23. The number of hydrogen-bond acceptors (Lipinski definition) is 4. The molecular formula is C15H19ClN2O3. The van der Waals surface area contributed by atoms with Gasteiger partial charge in [-0.1, -0.05) is 18.5 Å². The van der Waals surface area contributed by atoms with Gasteiger partial charge in [0.1, 0.15) is 0 Å². The molecule has 2 unspecified atom stereocenters. The van der Waals surface area contributed by atoms with Crippen LogP contribution in [0.1, 0.15) is 30.1 Å². The summed E-state index contributed by atoms with van der Waals surface area (Å²) >= 11 is 6.08. The lowest BCUT2D eigenvalue weighted by molar-refractivity contribution is -0.119. The van der Waals surface area contributed by atoms with Crippen molar-refractivity contribution in [2.45, 2.75) is 25.8 Å². The molecule has 1 aliphatic rings. The van der Waals surface area contributed by atoms with Crippen LogP contribution in [0.4, 0.5) is 5.69 Å². The third-order valence-corrected chi connectivity index (χ3v) is 4.03. The predicted molar refractivity (Wildman–Crippen MR) is 81.6 cm³/mol. The Morgan fingerprint density at radius 2 is 2.19 bits per heavy atom. The molecule has 1 amide bonds. The Kier molecular flexibility index (Phi) is 5.20. The van der Waals surface area contributed by atoms with Gasteiger partial charge in [0.25, 0.3) is 0 Å². The Bertz CT molecular complexity index is 548. The monoisotopic (exact) mass is 310 g/mol. The number of halogens is 1. The van der Waals surface area contributed by atoms with Crippen LogP contribution in [0.2, 0.25) is 5.02 Å². The summed E-state index contributed by atoms with van der Waals surface area (Å²) in [6, 6.07) is 4.42. The van der Waals surface area contributed by atoms with Gasteiger partial charge in [0, 0.05) is 0 Å². The van der Waals surface area contributed by atoms with Gasteiger partial charge in [0.2, 0.25) is 5.91 Å². The van der Waals surface area contributed by atoms with Crippen LogP contribution in [0.5, 0.6) is 0 Å². The first kappa shape index (κ1) is 15.8. The van der Waals surface area contributed by atoms with Crippen LogP contribution in [0, 0.1) is 5.92 Å². The highest BCUT2D eigenvalue weighted by Gasteiger charge is 2.27. The summed E-state index contributed by atoms with van der Waals surface area (Å²) in [6.45, 7) is 2.88. The molecule has 21 heavy (non-hydrogen) atoms. The van der Waals surface area contributed by atoms with Gasteiger partial charge in [0.05, 0.1) is 29.4 Å². The van der Waals surface area contributed by atoms with Crippen molar-refractivity contribution in [1.82, 2.24) is 5.32 Å². The molecule has 1 fully saturated rings. The van der Waals surface area contributed by atoms with Crippen molar-refractivity contribution in [3.8, 4) is 0 Å². The van der Waals surface area contributed by atoms with Gasteiger partial charge in [-0.2, -0.15) is 0 Å². The lowest BCUT2D eigenvalue weighted by atomic mass is 9.92. The van der Waals surface area contributed by atoms with Crippen molar-refractivity contribution in [3.63, 3.8) is 0 Å². The standard InChI is InChI=1S/C15H19ClN2O3/c1-9-4-3-7-17-13(9)14(19)18-12-8-10(15(20)21-2)5-6-11(12)16/h5-6,8-9,13,17H,3-4,7H2,1-2H3,(H,18,19). The van der Waals surface area contributed by atoms with Gasteiger partial charge in [0.15, 0.2) is 0 Å². The van der Waals surface area contributed by atoms with E-state index >= 15 is 0 Å². The normalized spacial score (nSPS) is 21.7. The zero-order valence-corrected chi connectivity index (χ0v) is 12.9. The summed E-state index contributed by atoms with van der Waals surface area (Å²) in [5.74, 6) is -0.334. The Balaban J connectivity index is 2.14. The van der Waals surface area contributed by atoms with E-state index < -0.39 is 5.97 Å². The van der Waals surface area contributed by atoms with Crippen molar-refractivity contribution in [2.75, 3.05) is 19.0 Å². The summed E-state index contributed by atoms with van der Waals surface area (Å²) in [7, 11) is 1.31. The number of amides is 1. The van der Waals surface area contributed by atoms with E-state index in [0.717, 1.165) is 19.4 Å². The van der Waals surface area contributed by atoms with E-state index in [9.17, 15) is 9.59 Å². The van der Waals surface area contributed by atoms with E-state index in [1.165, 1.54) is 13.2 Å². The minimum atomic E-state index is -0.466. The number of carbonyl (C=O) groups excluding carboxylic acids is 2. The van der Waals surface area contributed by atoms with Crippen LogP contribution in [0.3, 0.4) is 0 Å². The van der Waals surface area contributed by atoms with Crippen LogP contribution in [-0.4, -0.2) is 31.6 Å². The first-order valence-corrected chi connectivity index (χ1v) is 7.33. The molecule has 114 valence electrons. The number of methoxy groups -OCH3 is 1. The van der Waals surface area contributed by atoms with E-state index in [2.05, 4.69) is 15.4 Å². The average Bonchev–Trinajstić information content (AvgIpc) is 2.49. The topological polar surface area (TPSA) is 67.4 Å². The highest BCUT2D eigenvalue weighted by Crippen LogP contribution is 2.25. The Morgan fingerprint density at radius 1 is 1.43 bits per heavy atom. The maximum Gasteiger partial charge on any atom is 0.337 e. The zero-order chi connectivity index (χ0) is 15.4. The Morgan fingerprint density at radius 3 is 2.86 bits per heavy atom. The van der Waals surface area contributed by atoms with Crippen LogP contribution in [-0.2, 0) is 9.53 Å². The first-order valence-electron chi connectivity index (χ1n) is 6.95. The maximum atomic E-state index is 12.3. The number of nitrogens with one attached hydrogen (secondary N) is 2. The highest BCUT2D eigenvalue weighted by atomic mass is 35.5. The molecule has 0 aromatic heterocycles. The summed E-state index contributed by atoms with van der Waals surface area (Å²) < 4.78 is 4.66. The van der Waals surface area contributed by atoms with Crippen LogP contribution >= 0.6 is 11.6 Å². The second-order valence-corrected chi connectivity index (χ2v) is 5.63. The van der Waals surface area contributed by atoms with Crippen molar-refractivity contribution >= 4 is 29.2 Å². The molecule has 2 rings (SSSR count). The molecule has 1 heterocycles. The largest absolute Gasteiger partial charge is 0.465 e. The van der Waals surface area contributed by atoms with E-state index in [1.807, 2.05) is 6.92 Å². The van der Waals surface area contributed by atoms with Crippen molar-refractivity contribution < 1.29 is 14.3 Å². The smallest absolute Gasteiger partial charge is 0.337 e.